The quantitative estimate of drug-likeness (QED) is 0.563. The number of hydrogen-bond acceptors (Lipinski definition) is 5. The number of nitrogens with zero attached hydrogens (tertiary/aromatic N) is 2. The minimum Gasteiger partial charge on any atom is -0.480 e. The number of carboxylic acid groups (broad SMARTS) is 1. The number of carbonyl (C=O) groups is 3. The number of aliphatic hydroxyl groups excluding tert-OH is 1. The average molecular weight is 303 g/mol. The predicted molar refractivity (Wildman–Crippen MR) is 71.4 cm³/mol. The van der Waals surface area contributed by atoms with Crippen LogP contribution in [0.5, 0.6) is 0 Å². The van der Waals surface area contributed by atoms with Crippen molar-refractivity contribution in [2.75, 3.05) is 32.8 Å². The van der Waals surface area contributed by atoms with Crippen molar-refractivity contribution in [3.05, 3.63) is 0 Å². The lowest BCUT2D eigenvalue weighted by Gasteiger charge is -2.43. The lowest BCUT2D eigenvalue weighted by Crippen LogP contribution is -2.59. The molecular weight excluding hydrogens is 282 g/mol. The van der Waals surface area contributed by atoms with Gasteiger partial charge in [0.15, 0.2) is 0 Å². The number of primary amides is 1. The van der Waals surface area contributed by atoms with Crippen molar-refractivity contribution in [1.29, 1.82) is 0 Å². The van der Waals surface area contributed by atoms with Crippen molar-refractivity contribution in [3.8, 4) is 0 Å². The van der Waals surface area contributed by atoms with Gasteiger partial charge in [0.25, 0.3) is 0 Å². The molecule has 0 spiro atoms. The summed E-state index contributed by atoms with van der Waals surface area (Å²) in [5, 5.41) is 18.0. The number of ether oxygens (including phenoxy) is 1. The van der Waals surface area contributed by atoms with E-state index in [1.807, 2.05) is 0 Å². The highest BCUT2D eigenvalue weighted by molar-refractivity contribution is 5.86. The van der Waals surface area contributed by atoms with Crippen molar-refractivity contribution in [2.24, 2.45) is 5.73 Å². The highest BCUT2D eigenvalue weighted by atomic mass is 16.5. The molecular formula is C12H21N3O6. The van der Waals surface area contributed by atoms with Crippen molar-refractivity contribution >= 4 is 17.9 Å². The first kappa shape index (κ1) is 17.2. The molecule has 0 saturated carbocycles. The van der Waals surface area contributed by atoms with Crippen LogP contribution in [0, 0.1) is 0 Å². The summed E-state index contributed by atoms with van der Waals surface area (Å²) in [7, 11) is 0. The molecule has 120 valence electrons. The van der Waals surface area contributed by atoms with E-state index in [9.17, 15) is 19.5 Å². The number of carbonyl (C=O) groups excluding carboxylic acids is 2. The second-order valence-corrected chi connectivity index (χ2v) is 5.56. The Morgan fingerprint density at radius 1 is 1.38 bits per heavy atom. The van der Waals surface area contributed by atoms with Gasteiger partial charge in [0.05, 0.1) is 31.4 Å². The minimum atomic E-state index is -1.24. The summed E-state index contributed by atoms with van der Waals surface area (Å²) in [5.41, 5.74) is 4.36. The van der Waals surface area contributed by atoms with E-state index >= 15 is 0 Å². The number of aliphatic hydroxyl groups is 1. The van der Waals surface area contributed by atoms with Gasteiger partial charge in [0, 0.05) is 0 Å². The van der Waals surface area contributed by atoms with Crippen molar-refractivity contribution in [3.63, 3.8) is 0 Å². The molecule has 1 saturated heterocycles. The summed E-state index contributed by atoms with van der Waals surface area (Å²) in [6.07, 6.45) is -0.557. The van der Waals surface area contributed by atoms with E-state index in [0.717, 1.165) is 4.90 Å². The monoisotopic (exact) mass is 303 g/mol. The van der Waals surface area contributed by atoms with Crippen molar-refractivity contribution in [2.45, 2.75) is 25.6 Å². The molecule has 4 N–H and O–H groups in total. The zero-order chi connectivity index (χ0) is 16.2. The fourth-order valence-corrected chi connectivity index (χ4v) is 2.28. The molecule has 1 unspecified atom stereocenters. The molecule has 0 aliphatic carbocycles. The van der Waals surface area contributed by atoms with Crippen LogP contribution in [-0.2, 0) is 14.3 Å². The topological polar surface area (TPSA) is 133 Å². The van der Waals surface area contributed by atoms with Crippen molar-refractivity contribution < 1.29 is 29.3 Å². The molecule has 0 aromatic rings. The number of rotatable bonds is 5. The Labute approximate surface area is 122 Å². The number of morpholine rings is 1. The van der Waals surface area contributed by atoms with Gasteiger partial charge in [0.2, 0.25) is 5.91 Å². The van der Waals surface area contributed by atoms with Crippen LogP contribution in [0.15, 0.2) is 0 Å². The maximum atomic E-state index is 12.4. The Hall–Kier alpha value is -1.87. The molecule has 1 aliphatic heterocycles. The average Bonchev–Trinajstić information content (AvgIpc) is 2.33. The Bertz CT molecular complexity index is 409. The van der Waals surface area contributed by atoms with Crippen LogP contribution in [0.1, 0.15) is 13.8 Å². The van der Waals surface area contributed by atoms with Gasteiger partial charge in [-0.3, -0.25) is 9.59 Å². The van der Waals surface area contributed by atoms with E-state index in [2.05, 4.69) is 0 Å². The van der Waals surface area contributed by atoms with Gasteiger partial charge < -0.3 is 30.5 Å². The van der Waals surface area contributed by atoms with E-state index < -0.39 is 42.7 Å². The van der Waals surface area contributed by atoms with Gasteiger partial charge in [-0.05, 0) is 13.8 Å². The third-order valence-corrected chi connectivity index (χ3v) is 2.90. The second kappa shape index (κ2) is 6.72. The maximum absolute atomic E-state index is 12.4. The fourth-order valence-electron chi connectivity index (χ4n) is 2.28. The Balaban J connectivity index is 2.85. The van der Waals surface area contributed by atoms with Crippen molar-refractivity contribution in [1.82, 2.24) is 9.80 Å². The first-order valence-electron chi connectivity index (χ1n) is 6.47. The number of hydrogen-bond donors (Lipinski definition) is 3. The lowest BCUT2D eigenvalue weighted by molar-refractivity contribution is -0.143. The standard InChI is InChI=1S/C12H21N3O6/c1-12(2)7-15(3-8(6-16)21-12)11(20)14(4-9(13)17)5-10(18)19/h8,16H,3-7H2,1-2H3,(H2,13,17)(H,18,19). The molecule has 1 aliphatic rings. The molecule has 1 rings (SSSR count). The van der Waals surface area contributed by atoms with E-state index in [1.165, 1.54) is 4.90 Å². The van der Waals surface area contributed by atoms with Crippen LogP contribution in [0.2, 0.25) is 0 Å². The van der Waals surface area contributed by atoms with Crippen LogP contribution in [0.25, 0.3) is 0 Å². The summed E-state index contributed by atoms with van der Waals surface area (Å²) >= 11 is 0. The Morgan fingerprint density at radius 3 is 2.48 bits per heavy atom. The highest BCUT2D eigenvalue weighted by Gasteiger charge is 2.37. The van der Waals surface area contributed by atoms with Crippen LogP contribution in [0.3, 0.4) is 0 Å². The second-order valence-electron chi connectivity index (χ2n) is 5.56. The molecule has 0 bridgehead atoms. The molecule has 0 radical (unpaired) electrons. The Morgan fingerprint density at radius 2 is 2.00 bits per heavy atom. The van der Waals surface area contributed by atoms with E-state index in [4.69, 9.17) is 15.6 Å². The number of amides is 3. The molecule has 1 heterocycles. The summed E-state index contributed by atoms with van der Waals surface area (Å²) in [6.45, 7) is 2.48. The third-order valence-electron chi connectivity index (χ3n) is 2.90. The SMILES string of the molecule is CC1(C)CN(C(=O)N(CC(N)=O)CC(=O)O)CC(CO)O1. The molecule has 1 fully saturated rings. The normalized spacial score (nSPS) is 20.9. The zero-order valence-electron chi connectivity index (χ0n) is 12.1. The van der Waals surface area contributed by atoms with Gasteiger partial charge in [-0.1, -0.05) is 0 Å². The summed E-state index contributed by atoms with van der Waals surface area (Å²) in [5.74, 6) is -2.04. The summed E-state index contributed by atoms with van der Waals surface area (Å²) in [6, 6.07) is -0.619. The van der Waals surface area contributed by atoms with Crippen LogP contribution in [-0.4, -0.2) is 82.4 Å². The molecule has 21 heavy (non-hydrogen) atoms. The maximum Gasteiger partial charge on any atom is 0.323 e. The molecule has 9 nitrogen and oxygen atoms in total. The predicted octanol–water partition coefficient (Wildman–Crippen LogP) is -1.55. The smallest absolute Gasteiger partial charge is 0.323 e. The fraction of sp³-hybridized carbons (Fsp3) is 0.750. The number of carboxylic acids is 1. The van der Waals surface area contributed by atoms with Crippen LogP contribution >= 0.6 is 0 Å². The zero-order valence-corrected chi connectivity index (χ0v) is 12.1. The Kier molecular flexibility index (Phi) is 5.50. The van der Waals surface area contributed by atoms with Crippen LogP contribution in [0.4, 0.5) is 4.79 Å². The largest absolute Gasteiger partial charge is 0.480 e. The van der Waals surface area contributed by atoms with Gasteiger partial charge in [-0.25, -0.2) is 4.79 Å². The van der Waals surface area contributed by atoms with Gasteiger partial charge in [-0.15, -0.1) is 0 Å². The summed E-state index contributed by atoms with van der Waals surface area (Å²) in [4.78, 5) is 36.4. The third kappa shape index (κ3) is 5.20. The number of aliphatic carboxylic acids is 1. The number of nitrogens with two attached hydrogens (primary N) is 1. The first-order valence-corrected chi connectivity index (χ1v) is 6.47. The highest BCUT2D eigenvalue weighted by Crippen LogP contribution is 2.21. The van der Waals surface area contributed by atoms with E-state index in [-0.39, 0.29) is 19.7 Å². The van der Waals surface area contributed by atoms with Gasteiger partial charge in [0.1, 0.15) is 13.1 Å². The van der Waals surface area contributed by atoms with E-state index in [0.29, 0.717) is 0 Å². The van der Waals surface area contributed by atoms with E-state index in [1.54, 1.807) is 13.8 Å². The van der Waals surface area contributed by atoms with Gasteiger partial charge >= 0.3 is 12.0 Å². The lowest BCUT2D eigenvalue weighted by atomic mass is 10.1. The first-order chi connectivity index (χ1) is 9.64. The molecule has 0 aromatic heterocycles. The molecule has 3 amide bonds. The summed E-state index contributed by atoms with van der Waals surface area (Å²) < 4.78 is 5.57. The van der Waals surface area contributed by atoms with Crippen LogP contribution < -0.4 is 5.73 Å². The molecule has 1 atom stereocenters. The number of urea groups is 1. The molecule has 9 heteroatoms. The minimum absolute atomic E-state index is 0.119. The van der Waals surface area contributed by atoms with Gasteiger partial charge in [-0.2, -0.15) is 0 Å². The molecule has 0 aromatic carbocycles.